The van der Waals surface area contributed by atoms with E-state index in [9.17, 15) is 0 Å². The summed E-state index contributed by atoms with van der Waals surface area (Å²) in [5, 5.41) is 0. The topological polar surface area (TPSA) is 42.4 Å². The molecule has 2 saturated carbocycles. The van der Waals surface area contributed by atoms with Gasteiger partial charge in [-0.3, -0.25) is 4.90 Å². The third-order valence-corrected chi connectivity index (χ3v) is 4.65. The molecule has 4 heteroatoms. The summed E-state index contributed by atoms with van der Waals surface area (Å²) in [6.45, 7) is 3.00. The molecule has 0 aromatic carbocycles. The van der Waals surface area contributed by atoms with Gasteiger partial charge in [0.15, 0.2) is 0 Å². The lowest BCUT2D eigenvalue weighted by Crippen LogP contribution is -2.36. The van der Waals surface area contributed by atoms with Crippen molar-refractivity contribution in [1.29, 1.82) is 0 Å². The lowest BCUT2D eigenvalue weighted by Gasteiger charge is -2.30. The van der Waals surface area contributed by atoms with E-state index in [-0.39, 0.29) is 6.04 Å². The lowest BCUT2D eigenvalue weighted by atomic mass is 10.1. The molecule has 0 aliphatic heterocycles. The maximum absolute atomic E-state index is 6.00. The molecule has 0 radical (unpaired) electrons. The summed E-state index contributed by atoms with van der Waals surface area (Å²) >= 11 is 3.56. The third kappa shape index (κ3) is 2.98. The smallest absolute Gasteiger partial charge is 0.136 e. The highest BCUT2D eigenvalue weighted by molar-refractivity contribution is 9.10. The van der Waals surface area contributed by atoms with Crippen LogP contribution in [-0.4, -0.2) is 24.5 Å². The number of rotatable bonds is 7. The average molecular weight is 313 g/mol. The predicted molar refractivity (Wildman–Crippen MR) is 75.2 cm³/mol. The molecule has 1 atom stereocenters. The quantitative estimate of drug-likeness (QED) is 0.841. The maximum Gasteiger partial charge on any atom is 0.136 e. The first-order valence-electron chi connectivity index (χ1n) is 6.95. The lowest BCUT2D eigenvalue weighted by molar-refractivity contribution is 0.164. The van der Waals surface area contributed by atoms with E-state index in [4.69, 9.17) is 10.2 Å². The van der Waals surface area contributed by atoms with Crippen molar-refractivity contribution in [3.63, 3.8) is 0 Å². The first-order valence-corrected chi connectivity index (χ1v) is 7.74. The normalized spacial score (nSPS) is 21.5. The van der Waals surface area contributed by atoms with Gasteiger partial charge in [0, 0.05) is 19.6 Å². The van der Waals surface area contributed by atoms with Crippen molar-refractivity contribution in [2.75, 3.05) is 19.6 Å². The molecule has 0 spiro atoms. The van der Waals surface area contributed by atoms with Gasteiger partial charge in [0.1, 0.15) is 5.76 Å². The minimum absolute atomic E-state index is 0.232. The number of furan rings is 1. The van der Waals surface area contributed by atoms with Crippen molar-refractivity contribution < 1.29 is 4.42 Å². The number of hydrogen-bond acceptors (Lipinski definition) is 3. The highest BCUT2D eigenvalue weighted by Crippen LogP contribution is 2.38. The number of nitrogens with two attached hydrogens (primary N) is 1. The van der Waals surface area contributed by atoms with E-state index in [0.717, 1.165) is 22.1 Å². The fourth-order valence-corrected chi connectivity index (χ4v) is 3.02. The molecule has 2 fully saturated rings. The predicted octanol–water partition coefficient (Wildman–Crippen LogP) is 3.16. The number of nitrogens with zero attached hydrogens (tertiary/aromatic N) is 1. The molecule has 18 heavy (non-hydrogen) atoms. The van der Waals surface area contributed by atoms with E-state index in [1.165, 1.54) is 38.8 Å². The van der Waals surface area contributed by atoms with Crippen LogP contribution < -0.4 is 5.73 Å². The Balaban J connectivity index is 1.73. The van der Waals surface area contributed by atoms with Gasteiger partial charge in [-0.2, -0.15) is 0 Å². The molecular weight excluding hydrogens is 292 g/mol. The fourth-order valence-electron chi connectivity index (χ4n) is 2.56. The molecule has 0 saturated heterocycles. The van der Waals surface area contributed by atoms with E-state index in [1.54, 1.807) is 6.26 Å². The van der Waals surface area contributed by atoms with Gasteiger partial charge in [-0.05, 0) is 59.5 Å². The second-order valence-corrected chi connectivity index (χ2v) is 6.58. The van der Waals surface area contributed by atoms with Crippen LogP contribution >= 0.6 is 15.9 Å². The summed E-state index contributed by atoms with van der Waals surface area (Å²) in [4.78, 5) is 2.55. The van der Waals surface area contributed by atoms with Crippen molar-refractivity contribution >= 4 is 15.9 Å². The molecule has 0 amide bonds. The second-order valence-electron chi connectivity index (χ2n) is 5.72. The Labute approximate surface area is 117 Å². The molecule has 1 unspecified atom stereocenters. The Morgan fingerprint density at radius 3 is 2.28 bits per heavy atom. The Kier molecular flexibility index (Phi) is 3.78. The summed E-state index contributed by atoms with van der Waals surface area (Å²) in [6, 6.07) is 2.19. The zero-order valence-corrected chi connectivity index (χ0v) is 12.2. The highest BCUT2D eigenvalue weighted by Gasteiger charge is 2.34. The van der Waals surface area contributed by atoms with Gasteiger partial charge in [-0.15, -0.1) is 0 Å². The Morgan fingerprint density at radius 1 is 1.28 bits per heavy atom. The minimum atomic E-state index is 0.232. The maximum atomic E-state index is 6.00. The van der Waals surface area contributed by atoms with Gasteiger partial charge < -0.3 is 10.2 Å². The van der Waals surface area contributed by atoms with Gasteiger partial charge in [0.05, 0.1) is 16.8 Å². The zero-order chi connectivity index (χ0) is 12.5. The molecule has 2 N–H and O–H groups in total. The molecule has 1 aromatic rings. The Morgan fingerprint density at radius 2 is 1.89 bits per heavy atom. The third-order valence-electron chi connectivity index (χ3n) is 3.99. The monoisotopic (exact) mass is 312 g/mol. The van der Waals surface area contributed by atoms with Crippen LogP contribution in [0.2, 0.25) is 0 Å². The van der Waals surface area contributed by atoms with Crippen molar-refractivity contribution in [2.24, 2.45) is 17.6 Å². The van der Waals surface area contributed by atoms with Gasteiger partial charge in [0.2, 0.25) is 0 Å². The van der Waals surface area contributed by atoms with E-state index < -0.39 is 0 Å². The standard InChI is InChI=1S/C14H21BrN2O/c15-12-5-6-18-14(12)13(7-16)17(8-10-1-2-10)9-11-3-4-11/h5-6,10-11,13H,1-4,7-9,16H2. The number of halogens is 1. The molecule has 0 bridgehead atoms. The summed E-state index contributed by atoms with van der Waals surface area (Å²) in [5.41, 5.74) is 6.00. The molecule has 3 rings (SSSR count). The van der Waals surface area contributed by atoms with Crippen LogP contribution in [0.3, 0.4) is 0 Å². The van der Waals surface area contributed by atoms with E-state index in [2.05, 4.69) is 20.8 Å². The van der Waals surface area contributed by atoms with Gasteiger partial charge in [0.25, 0.3) is 0 Å². The van der Waals surface area contributed by atoms with Crippen LogP contribution in [0, 0.1) is 11.8 Å². The molecule has 1 aromatic heterocycles. The van der Waals surface area contributed by atoms with Crippen molar-refractivity contribution in [3.8, 4) is 0 Å². The summed E-state index contributed by atoms with van der Waals surface area (Å²) in [5.74, 6) is 2.79. The summed E-state index contributed by atoms with van der Waals surface area (Å²) in [6.07, 6.45) is 7.29. The van der Waals surface area contributed by atoms with Crippen LogP contribution in [0.15, 0.2) is 21.2 Å². The van der Waals surface area contributed by atoms with Crippen LogP contribution in [0.25, 0.3) is 0 Å². The first kappa shape index (κ1) is 12.7. The molecule has 3 nitrogen and oxygen atoms in total. The summed E-state index contributed by atoms with van der Waals surface area (Å²) in [7, 11) is 0. The highest BCUT2D eigenvalue weighted by atomic mass is 79.9. The van der Waals surface area contributed by atoms with Crippen molar-refractivity contribution in [3.05, 3.63) is 22.6 Å². The van der Waals surface area contributed by atoms with Crippen LogP contribution in [0.4, 0.5) is 0 Å². The van der Waals surface area contributed by atoms with E-state index >= 15 is 0 Å². The van der Waals surface area contributed by atoms with Gasteiger partial charge in [-0.25, -0.2) is 0 Å². The molecule has 2 aliphatic rings. The molecular formula is C14H21BrN2O. The molecule has 2 aliphatic carbocycles. The summed E-state index contributed by atoms with van der Waals surface area (Å²) < 4.78 is 6.68. The van der Waals surface area contributed by atoms with E-state index in [0.29, 0.717) is 6.54 Å². The van der Waals surface area contributed by atoms with Gasteiger partial charge in [-0.1, -0.05) is 0 Å². The van der Waals surface area contributed by atoms with Crippen LogP contribution in [0.5, 0.6) is 0 Å². The average Bonchev–Trinajstić information content (AvgIpc) is 3.25. The first-order chi connectivity index (χ1) is 8.78. The molecule has 1 heterocycles. The Hall–Kier alpha value is -0.320. The van der Waals surface area contributed by atoms with Crippen LogP contribution in [-0.2, 0) is 0 Å². The SMILES string of the molecule is NCC(c1occc1Br)N(CC1CC1)CC1CC1. The second kappa shape index (κ2) is 5.35. The largest absolute Gasteiger partial charge is 0.466 e. The minimum Gasteiger partial charge on any atom is -0.466 e. The molecule has 100 valence electrons. The van der Waals surface area contributed by atoms with E-state index in [1.807, 2.05) is 6.07 Å². The van der Waals surface area contributed by atoms with Crippen molar-refractivity contribution in [2.45, 2.75) is 31.7 Å². The Bertz CT molecular complexity index is 384. The fraction of sp³-hybridized carbons (Fsp3) is 0.714. The number of hydrogen-bond donors (Lipinski definition) is 1. The zero-order valence-electron chi connectivity index (χ0n) is 10.6. The van der Waals surface area contributed by atoms with Crippen LogP contribution in [0.1, 0.15) is 37.5 Å². The van der Waals surface area contributed by atoms with Gasteiger partial charge >= 0.3 is 0 Å². The van der Waals surface area contributed by atoms with Crippen molar-refractivity contribution in [1.82, 2.24) is 4.90 Å².